The Morgan fingerprint density at radius 2 is 1.81 bits per heavy atom. The Labute approximate surface area is 181 Å². The highest BCUT2D eigenvalue weighted by atomic mass is 32.2. The molecule has 8 heteroatoms. The van der Waals surface area contributed by atoms with Gasteiger partial charge in [-0.15, -0.1) is 10.2 Å². The third-order valence-electron chi connectivity index (χ3n) is 4.74. The van der Waals surface area contributed by atoms with Gasteiger partial charge in [0.25, 0.3) is 0 Å². The van der Waals surface area contributed by atoms with Crippen molar-refractivity contribution in [3.63, 3.8) is 0 Å². The van der Waals surface area contributed by atoms with E-state index in [4.69, 9.17) is 0 Å². The normalized spacial score (nSPS) is 11.1. The van der Waals surface area contributed by atoms with Crippen molar-refractivity contribution in [3.05, 3.63) is 84.7 Å². The monoisotopic (exact) mass is 429 g/mol. The smallest absolute Gasteiger partial charge is 0.234 e. The lowest BCUT2D eigenvalue weighted by molar-refractivity contribution is -0.113. The first-order chi connectivity index (χ1) is 15.2. The molecule has 1 N–H and O–H groups in total. The summed E-state index contributed by atoms with van der Waals surface area (Å²) >= 11 is 1.30. The third kappa shape index (κ3) is 3.97. The summed E-state index contributed by atoms with van der Waals surface area (Å²) in [5.74, 6) is 0.151. The summed E-state index contributed by atoms with van der Waals surface area (Å²) in [5.41, 5.74) is 1.90. The van der Waals surface area contributed by atoms with E-state index in [-0.39, 0.29) is 17.5 Å². The molecule has 0 unspecified atom stereocenters. The van der Waals surface area contributed by atoms with Crippen molar-refractivity contribution < 1.29 is 9.18 Å². The summed E-state index contributed by atoms with van der Waals surface area (Å²) in [7, 11) is 0. The zero-order chi connectivity index (χ0) is 21.2. The molecule has 2 heterocycles. The fourth-order valence-corrected chi connectivity index (χ4v) is 3.97. The number of benzene rings is 3. The number of nitrogens with zero attached hydrogens (tertiary/aromatic N) is 4. The maximum atomic E-state index is 13.6. The Kier molecular flexibility index (Phi) is 5.05. The van der Waals surface area contributed by atoms with Crippen LogP contribution in [0.2, 0.25) is 0 Å². The van der Waals surface area contributed by atoms with Crippen LogP contribution in [0.5, 0.6) is 0 Å². The molecule has 0 atom stereocenters. The molecule has 0 radical (unpaired) electrons. The average molecular weight is 429 g/mol. The number of carbonyl (C=O) groups is 1. The quantitative estimate of drug-likeness (QED) is 0.406. The second kappa shape index (κ2) is 8.16. The number of amides is 1. The molecule has 5 rings (SSSR count). The van der Waals surface area contributed by atoms with Crippen LogP contribution >= 0.6 is 11.8 Å². The molecule has 0 spiro atoms. The lowest BCUT2D eigenvalue weighted by atomic mass is 10.1. The van der Waals surface area contributed by atoms with Gasteiger partial charge in [0.1, 0.15) is 10.8 Å². The Bertz CT molecular complexity index is 1410. The Morgan fingerprint density at radius 1 is 0.968 bits per heavy atom. The summed E-state index contributed by atoms with van der Waals surface area (Å²) in [5, 5.41) is 18.4. The van der Waals surface area contributed by atoms with Crippen molar-refractivity contribution in [1.82, 2.24) is 19.8 Å². The van der Waals surface area contributed by atoms with E-state index < -0.39 is 0 Å². The second-order valence-corrected chi connectivity index (χ2v) is 7.83. The van der Waals surface area contributed by atoms with Crippen LogP contribution in [0.15, 0.2) is 83.9 Å². The first kappa shape index (κ1) is 19.2. The molecule has 0 bridgehead atoms. The van der Waals surface area contributed by atoms with Gasteiger partial charge in [-0.25, -0.2) is 4.39 Å². The zero-order valence-electron chi connectivity index (χ0n) is 16.2. The predicted octanol–water partition coefficient (Wildman–Crippen LogP) is 4.81. The molecule has 6 nitrogen and oxygen atoms in total. The van der Waals surface area contributed by atoms with E-state index in [0.717, 1.165) is 16.5 Å². The van der Waals surface area contributed by atoms with Crippen molar-refractivity contribution in [2.75, 3.05) is 11.1 Å². The minimum absolute atomic E-state index is 0.127. The summed E-state index contributed by atoms with van der Waals surface area (Å²) in [6.45, 7) is 0. The molecule has 1 amide bonds. The van der Waals surface area contributed by atoms with Gasteiger partial charge in [0.05, 0.1) is 5.75 Å². The molecule has 0 saturated carbocycles. The van der Waals surface area contributed by atoms with Crippen LogP contribution in [0, 0.1) is 5.82 Å². The predicted molar refractivity (Wildman–Crippen MR) is 119 cm³/mol. The lowest BCUT2D eigenvalue weighted by Crippen LogP contribution is -2.14. The summed E-state index contributed by atoms with van der Waals surface area (Å²) < 4.78 is 15.2. The summed E-state index contributed by atoms with van der Waals surface area (Å²) in [6, 6.07) is 23.4. The molecule has 0 aliphatic heterocycles. The van der Waals surface area contributed by atoms with Gasteiger partial charge in [-0.05, 0) is 35.7 Å². The molecule has 2 aromatic heterocycles. The number of hydrogen-bond donors (Lipinski definition) is 1. The zero-order valence-corrected chi connectivity index (χ0v) is 17.0. The number of aromatic nitrogens is 4. The van der Waals surface area contributed by atoms with Gasteiger partial charge in [-0.1, -0.05) is 60.3 Å². The number of rotatable bonds is 5. The Balaban J connectivity index is 1.33. The number of anilines is 1. The highest BCUT2D eigenvalue weighted by molar-refractivity contribution is 7.99. The number of hydrogen-bond acceptors (Lipinski definition) is 5. The van der Waals surface area contributed by atoms with Crippen LogP contribution in [0.25, 0.3) is 27.8 Å². The molecule has 0 aliphatic carbocycles. The van der Waals surface area contributed by atoms with Crippen molar-refractivity contribution >= 4 is 39.8 Å². The maximum absolute atomic E-state index is 13.6. The third-order valence-corrected chi connectivity index (χ3v) is 5.66. The molecule has 0 aliphatic rings. The molecule has 152 valence electrons. The lowest BCUT2D eigenvalue weighted by Gasteiger charge is -2.08. The van der Waals surface area contributed by atoms with Crippen LogP contribution in [-0.2, 0) is 4.79 Å². The number of fused-ring (bicyclic) bond motifs is 2. The van der Waals surface area contributed by atoms with Crippen LogP contribution in [-0.4, -0.2) is 31.5 Å². The SMILES string of the molecule is O=C(CSc1ccc2nnc(-c3cccc(F)c3)n2n1)Nc1cccc2ccccc12. The van der Waals surface area contributed by atoms with Crippen LogP contribution < -0.4 is 5.32 Å². The van der Waals surface area contributed by atoms with Gasteiger partial charge >= 0.3 is 0 Å². The van der Waals surface area contributed by atoms with Crippen molar-refractivity contribution in [2.24, 2.45) is 0 Å². The van der Waals surface area contributed by atoms with Crippen molar-refractivity contribution in [1.29, 1.82) is 0 Å². The van der Waals surface area contributed by atoms with Gasteiger partial charge < -0.3 is 5.32 Å². The summed E-state index contributed by atoms with van der Waals surface area (Å²) in [4.78, 5) is 12.5. The van der Waals surface area contributed by atoms with Gasteiger partial charge in [0, 0.05) is 16.6 Å². The van der Waals surface area contributed by atoms with E-state index in [1.165, 1.54) is 23.9 Å². The number of thioether (sulfide) groups is 1. The van der Waals surface area contributed by atoms with Gasteiger partial charge in [-0.3, -0.25) is 4.79 Å². The summed E-state index contributed by atoms with van der Waals surface area (Å²) in [6.07, 6.45) is 0. The largest absolute Gasteiger partial charge is 0.325 e. The van der Waals surface area contributed by atoms with Crippen LogP contribution in [0.4, 0.5) is 10.1 Å². The molecular formula is C23H16FN5OS. The maximum Gasteiger partial charge on any atom is 0.234 e. The van der Waals surface area contributed by atoms with Crippen molar-refractivity contribution in [3.8, 4) is 11.4 Å². The van der Waals surface area contributed by atoms with Crippen LogP contribution in [0.3, 0.4) is 0 Å². The molecular weight excluding hydrogens is 413 g/mol. The average Bonchev–Trinajstić information content (AvgIpc) is 3.21. The minimum atomic E-state index is -0.357. The van der Waals surface area contributed by atoms with Crippen molar-refractivity contribution in [2.45, 2.75) is 5.03 Å². The highest BCUT2D eigenvalue weighted by Gasteiger charge is 2.12. The first-order valence-corrected chi connectivity index (χ1v) is 10.5. The number of carbonyl (C=O) groups excluding carboxylic acids is 1. The van der Waals surface area contributed by atoms with E-state index in [0.29, 0.717) is 22.1 Å². The highest BCUT2D eigenvalue weighted by Crippen LogP contribution is 2.24. The second-order valence-electron chi connectivity index (χ2n) is 6.84. The van der Waals surface area contributed by atoms with E-state index in [1.54, 1.807) is 28.8 Å². The van der Waals surface area contributed by atoms with Gasteiger partial charge in [0.2, 0.25) is 5.91 Å². The molecule has 31 heavy (non-hydrogen) atoms. The first-order valence-electron chi connectivity index (χ1n) is 9.56. The number of nitrogens with one attached hydrogen (secondary N) is 1. The molecule has 5 aromatic rings. The fraction of sp³-hybridized carbons (Fsp3) is 0.0435. The molecule has 3 aromatic carbocycles. The standard InChI is InChI=1S/C23H16FN5OS/c24-17-8-3-7-16(13-17)23-27-26-20-11-12-22(28-29(20)23)31-14-21(30)25-19-10-4-6-15-5-1-2-9-18(15)19/h1-13H,14H2,(H,25,30). The van der Waals surface area contributed by atoms with E-state index in [2.05, 4.69) is 20.6 Å². The number of halogens is 1. The van der Waals surface area contributed by atoms with Crippen LogP contribution in [0.1, 0.15) is 0 Å². The molecule has 0 fully saturated rings. The molecule has 0 saturated heterocycles. The Hall–Kier alpha value is -3.78. The Morgan fingerprint density at radius 3 is 2.71 bits per heavy atom. The van der Waals surface area contributed by atoms with Gasteiger partial charge in [0.15, 0.2) is 11.5 Å². The van der Waals surface area contributed by atoms with E-state index in [1.807, 2.05) is 42.5 Å². The minimum Gasteiger partial charge on any atom is -0.325 e. The fourth-order valence-electron chi connectivity index (χ4n) is 3.32. The van der Waals surface area contributed by atoms with E-state index >= 15 is 0 Å². The van der Waals surface area contributed by atoms with Gasteiger partial charge in [-0.2, -0.15) is 9.61 Å². The topological polar surface area (TPSA) is 72.2 Å². The van der Waals surface area contributed by atoms with E-state index in [9.17, 15) is 9.18 Å².